The molecular weight excluding hydrogens is 310 g/mol. The Hall–Kier alpha value is -2.55. The predicted molar refractivity (Wildman–Crippen MR) is 88.7 cm³/mol. The first-order valence-electron chi connectivity index (χ1n) is 8.14. The van der Waals surface area contributed by atoms with Gasteiger partial charge in [-0.2, -0.15) is 0 Å². The van der Waals surface area contributed by atoms with Gasteiger partial charge in [0.1, 0.15) is 5.69 Å². The highest BCUT2D eigenvalue weighted by Crippen LogP contribution is 2.28. The van der Waals surface area contributed by atoms with Crippen molar-refractivity contribution < 1.29 is 4.92 Å². The third-order valence-electron chi connectivity index (χ3n) is 4.20. The summed E-state index contributed by atoms with van der Waals surface area (Å²) in [7, 11) is 0. The summed E-state index contributed by atoms with van der Waals surface area (Å²) in [5.74, 6) is 0.871. The van der Waals surface area contributed by atoms with Crippen LogP contribution in [-0.2, 0) is 13.1 Å². The molecule has 1 fully saturated rings. The molecule has 1 aliphatic heterocycles. The summed E-state index contributed by atoms with van der Waals surface area (Å²) in [6.07, 6.45) is 0.990. The van der Waals surface area contributed by atoms with Crippen molar-refractivity contribution in [3.05, 3.63) is 40.2 Å². The zero-order chi connectivity index (χ0) is 16.9. The van der Waals surface area contributed by atoms with E-state index in [-0.39, 0.29) is 10.6 Å². The summed E-state index contributed by atoms with van der Waals surface area (Å²) in [5, 5.41) is 23.0. The SMILES string of the molecule is CCCn1nnnc1CN1CCN(c2ccccc2[N+](=O)[O-])CC1. The second-order valence-electron chi connectivity index (χ2n) is 5.83. The molecule has 1 aromatic carbocycles. The highest BCUT2D eigenvalue weighted by Gasteiger charge is 2.24. The summed E-state index contributed by atoms with van der Waals surface area (Å²) in [5.41, 5.74) is 0.857. The van der Waals surface area contributed by atoms with Crippen molar-refractivity contribution in [1.29, 1.82) is 0 Å². The van der Waals surface area contributed by atoms with E-state index in [9.17, 15) is 10.1 Å². The van der Waals surface area contributed by atoms with Gasteiger partial charge in [0.2, 0.25) is 0 Å². The van der Waals surface area contributed by atoms with E-state index >= 15 is 0 Å². The van der Waals surface area contributed by atoms with E-state index < -0.39 is 0 Å². The molecule has 0 spiro atoms. The Morgan fingerprint density at radius 3 is 2.67 bits per heavy atom. The molecule has 1 aliphatic rings. The first-order chi connectivity index (χ1) is 11.7. The molecule has 9 nitrogen and oxygen atoms in total. The highest BCUT2D eigenvalue weighted by atomic mass is 16.6. The minimum absolute atomic E-state index is 0.165. The number of nitro benzene ring substituents is 1. The van der Waals surface area contributed by atoms with E-state index in [4.69, 9.17) is 0 Å². The van der Waals surface area contributed by atoms with E-state index in [1.165, 1.54) is 0 Å². The summed E-state index contributed by atoms with van der Waals surface area (Å²) in [4.78, 5) is 15.2. The average molecular weight is 331 g/mol. The largest absolute Gasteiger partial charge is 0.363 e. The Balaban J connectivity index is 1.62. The summed E-state index contributed by atoms with van der Waals surface area (Å²) < 4.78 is 1.84. The standard InChI is InChI=1S/C15H21N7O2/c1-2-7-21-15(16-17-18-21)12-19-8-10-20(11-9-19)13-5-3-4-6-14(13)22(23)24/h3-6H,2,7-12H2,1H3. The van der Waals surface area contributed by atoms with Gasteiger partial charge in [-0.3, -0.25) is 15.0 Å². The van der Waals surface area contributed by atoms with Crippen LogP contribution in [0.3, 0.4) is 0 Å². The van der Waals surface area contributed by atoms with Crippen molar-refractivity contribution in [3.63, 3.8) is 0 Å². The van der Waals surface area contributed by atoms with Gasteiger partial charge in [-0.1, -0.05) is 19.1 Å². The van der Waals surface area contributed by atoms with Crippen LogP contribution in [0.4, 0.5) is 11.4 Å². The molecule has 24 heavy (non-hydrogen) atoms. The fourth-order valence-electron chi connectivity index (χ4n) is 2.95. The molecule has 0 amide bonds. The average Bonchev–Trinajstić information content (AvgIpc) is 3.03. The number of rotatable bonds is 6. The van der Waals surface area contributed by atoms with Crippen LogP contribution >= 0.6 is 0 Å². The molecule has 2 heterocycles. The molecule has 0 unspecified atom stereocenters. The number of benzene rings is 1. The fraction of sp³-hybridized carbons (Fsp3) is 0.533. The van der Waals surface area contributed by atoms with Crippen LogP contribution in [0.25, 0.3) is 0 Å². The second kappa shape index (κ2) is 7.35. The number of hydrogen-bond donors (Lipinski definition) is 0. The van der Waals surface area contributed by atoms with Gasteiger partial charge >= 0.3 is 0 Å². The maximum atomic E-state index is 11.2. The van der Waals surface area contributed by atoms with Gasteiger partial charge in [-0.05, 0) is 22.9 Å². The summed E-state index contributed by atoms with van der Waals surface area (Å²) >= 11 is 0. The Kier molecular flexibility index (Phi) is 4.99. The van der Waals surface area contributed by atoms with E-state index in [1.54, 1.807) is 12.1 Å². The maximum absolute atomic E-state index is 11.2. The highest BCUT2D eigenvalue weighted by molar-refractivity contribution is 5.63. The smallest absolute Gasteiger partial charge is 0.292 e. The lowest BCUT2D eigenvalue weighted by atomic mass is 10.2. The van der Waals surface area contributed by atoms with E-state index in [1.807, 2.05) is 16.8 Å². The van der Waals surface area contributed by atoms with Crippen LogP contribution in [0, 0.1) is 10.1 Å². The molecule has 0 bridgehead atoms. The van der Waals surface area contributed by atoms with Crippen molar-refractivity contribution in [2.24, 2.45) is 0 Å². The number of piperazine rings is 1. The zero-order valence-electron chi connectivity index (χ0n) is 13.7. The van der Waals surface area contributed by atoms with Crippen LogP contribution in [-0.4, -0.2) is 56.2 Å². The van der Waals surface area contributed by atoms with E-state index in [2.05, 4.69) is 32.2 Å². The molecule has 0 aliphatic carbocycles. The van der Waals surface area contributed by atoms with Gasteiger partial charge in [0.05, 0.1) is 11.5 Å². The second-order valence-corrected chi connectivity index (χ2v) is 5.83. The molecule has 2 aromatic rings. The fourth-order valence-corrected chi connectivity index (χ4v) is 2.95. The molecule has 128 valence electrons. The lowest BCUT2D eigenvalue weighted by Crippen LogP contribution is -2.46. The Labute approximate surface area is 140 Å². The molecule has 0 N–H and O–H groups in total. The van der Waals surface area contributed by atoms with Crippen LogP contribution in [0.5, 0.6) is 0 Å². The topological polar surface area (TPSA) is 93.2 Å². The van der Waals surface area contributed by atoms with Gasteiger partial charge in [-0.25, -0.2) is 4.68 Å². The monoisotopic (exact) mass is 331 g/mol. The van der Waals surface area contributed by atoms with E-state index in [0.29, 0.717) is 12.2 Å². The minimum atomic E-state index is -0.319. The molecule has 3 rings (SSSR count). The Morgan fingerprint density at radius 1 is 1.21 bits per heavy atom. The number of nitro groups is 1. The first-order valence-corrected chi connectivity index (χ1v) is 8.14. The van der Waals surface area contributed by atoms with Crippen molar-refractivity contribution in [1.82, 2.24) is 25.1 Å². The molecule has 0 saturated carbocycles. The molecule has 1 aromatic heterocycles. The third-order valence-corrected chi connectivity index (χ3v) is 4.20. The maximum Gasteiger partial charge on any atom is 0.292 e. The van der Waals surface area contributed by atoms with Crippen molar-refractivity contribution >= 4 is 11.4 Å². The van der Waals surface area contributed by atoms with Crippen LogP contribution < -0.4 is 4.90 Å². The molecule has 9 heteroatoms. The lowest BCUT2D eigenvalue weighted by Gasteiger charge is -2.35. The number of para-hydroxylation sites is 2. The summed E-state index contributed by atoms with van der Waals surface area (Å²) in [6, 6.07) is 6.91. The van der Waals surface area contributed by atoms with E-state index in [0.717, 1.165) is 45.0 Å². The molecule has 0 atom stereocenters. The number of hydrogen-bond acceptors (Lipinski definition) is 7. The first kappa shape index (κ1) is 16.3. The zero-order valence-corrected chi connectivity index (χ0v) is 13.7. The van der Waals surface area contributed by atoms with Gasteiger partial charge in [0.15, 0.2) is 5.82 Å². The third kappa shape index (κ3) is 3.51. The van der Waals surface area contributed by atoms with Gasteiger partial charge in [0.25, 0.3) is 5.69 Å². The van der Waals surface area contributed by atoms with Crippen molar-refractivity contribution in [3.8, 4) is 0 Å². The molecule has 0 radical (unpaired) electrons. The quantitative estimate of drug-likeness (QED) is 0.582. The normalized spacial score (nSPS) is 15.6. The Bertz CT molecular complexity index is 695. The Morgan fingerprint density at radius 2 is 1.96 bits per heavy atom. The number of aryl methyl sites for hydroxylation is 1. The van der Waals surface area contributed by atoms with Crippen LogP contribution in [0.1, 0.15) is 19.2 Å². The van der Waals surface area contributed by atoms with Crippen molar-refractivity contribution in [2.75, 3.05) is 31.1 Å². The van der Waals surface area contributed by atoms with Crippen molar-refractivity contribution in [2.45, 2.75) is 26.4 Å². The molecule has 1 saturated heterocycles. The van der Waals surface area contributed by atoms with Gasteiger partial charge in [0, 0.05) is 38.8 Å². The summed E-state index contributed by atoms with van der Waals surface area (Å²) in [6.45, 7) is 6.77. The van der Waals surface area contributed by atoms with Gasteiger partial charge in [-0.15, -0.1) is 5.10 Å². The number of nitrogens with zero attached hydrogens (tertiary/aromatic N) is 7. The predicted octanol–water partition coefficient (Wildman–Crippen LogP) is 1.31. The van der Waals surface area contributed by atoms with Crippen LogP contribution in [0.15, 0.2) is 24.3 Å². The van der Waals surface area contributed by atoms with Gasteiger partial charge < -0.3 is 4.90 Å². The number of anilines is 1. The molecular formula is C15H21N7O2. The van der Waals surface area contributed by atoms with Crippen LogP contribution in [0.2, 0.25) is 0 Å². The number of aromatic nitrogens is 4. The number of tetrazole rings is 1. The lowest BCUT2D eigenvalue weighted by molar-refractivity contribution is -0.384. The minimum Gasteiger partial charge on any atom is -0.363 e.